The molecule has 0 bridgehead atoms. The first kappa shape index (κ1) is 45.0. The number of benzene rings is 1. The predicted molar refractivity (Wildman–Crippen MR) is 175 cm³/mol. The van der Waals surface area contributed by atoms with Crippen molar-refractivity contribution in [2.75, 3.05) is 26.4 Å². The van der Waals surface area contributed by atoms with Crippen LogP contribution < -0.4 is 10.6 Å². The molecule has 1 aromatic carbocycles. The molecule has 3 N–H and O–H groups in total. The molecule has 0 unspecified atom stereocenters. The third-order valence-corrected chi connectivity index (χ3v) is 7.82. The van der Waals surface area contributed by atoms with Gasteiger partial charge in [-0.15, -0.1) is 0 Å². The average Bonchev–Trinajstić information content (AvgIpc) is 3.08. The summed E-state index contributed by atoms with van der Waals surface area (Å²) in [6.45, 7) is 3.72. The summed E-state index contributed by atoms with van der Waals surface area (Å²) in [6, 6.07) is 7.50. The fraction of sp³-hybridized carbons (Fsp3) is 0.647. The van der Waals surface area contributed by atoms with E-state index >= 15 is 0 Å². The first-order valence-corrected chi connectivity index (χ1v) is 17.0. The summed E-state index contributed by atoms with van der Waals surface area (Å²) in [5, 5.41) is 15.6. The molecule has 0 saturated carbocycles. The third-order valence-electron chi connectivity index (χ3n) is 7.82. The molecule has 2 aliphatic heterocycles. The average molecular weight is 795 g/mol. The van der Waals surface area contributed by atoms with Gasteiger partial charge in [-0.1, -0.05) is 30.3 Å². The molecular formula is C34H45F3N2O16. The van der Waals surface area contributed by atoms with E-state index in [1.807, 2.05) is 0 Å². The zero-order valence-electron chi connectivity index (χ0n) is 30.6. The summed E-state index contributed by atoms with van der Waals surface area (Å²) in [4.78, 5) is 72.2. The van der Waals surface area contributed by atoms with E-state index in [0.717, 1.165) is 40.2 Å². The molecule has 55 heavy (non-hydrogen) atoms. The van der Waals surface area contributed by atoms with Gasteiger partial charge in [-0.05, 0) is 12.0 Å². The van der Waals surface area contributed by atoms with Crippen molar-refractivity contribution in [1.82, 2.24) is 10.6 Å². The zero-order valence-corrected chi connectivity index (χ0v) is 30.6. The van der Waals surface area contributed by atoms with Crippen LogP contribution in [0.1, 0.15) is 46.6 Å². The molecule has 2 saturated heterocycles. The first-order valence-electron chi connectivity index (χ1n) is 17.0. The van der Waals surface area contributed by atoms with E-state index in [9.17, 15) is 47.0 Å². The maximum absolute atomic E-state index is 12.6. The minimum Gasteiger partial charge on any atom is -0.463 e. The Kier molecular flexibility index (Phi) is 17.2. The summed E-state index contributed by atoms with van der Waals surface area (Å²) in [6.07, 6.45) is -19.3. The molecule has 2 aliphatic rings. The van der Waals surface area contributed by atoms with Crippen LogP contribution in [0.15, 0.2) is 30.3 Å². The lowest BCUT2D eigenvalue weighted by molar-refractivity contribution is -0.350. The van der Waals surface area contributed by atoms with E-state index < -0.39 is 116 Å². The van der Waals surface area contributed by atoms with Crippen molar-refractivity contribution in [1.29, 1.82) is 0 Å². The molecule has 10 atom stereocenters. The molecule has 2 fully saturated rings. The first-order chi connectivity index (χ1) is 25.9. The van der Waals surface area contributed by atoms with Gasteiger partial charge in [0, 0.05) is 41.2 Å². The highest BCUT2D eigenvalue weighted by molar-refractivity contribution is 5.81. The highest BCUT2D eigenvalue weighted by Crippen LogP contribution is 2.34. The molecule has 3 rings (SSSR count). The second kappa shape index (κ2) is 21.0. The monoisotopic (exact) mass is 794 g/mol. The molecule has 18 nitrogen and oxygen atoms in total. The summed E-state index contributed by atoms with van der Waals surface area (Å²) in [5.74, 6) is -6.23. The van der Waals surface area contributed by atoms with Crippen LogP contribution in [0, 0.1) is 0 Å². The Balaban J connectivity index is 2.01. The zero-order chi connectivity index (χ0) is 40.9. The summed E-state index contributed by atoms with van der Waals surface area (Å²) >= 11 is 0. The lowest BCUT2D eigenvalue weighted by Crippen LogP contribution is -2.69. The number of nitrogens with one attached hydrogen (secondary N) is 2. The molecule has 0 spiro atoms. The van der Waals surface area contributed by atoms with Crippen molar-refractivity contribution in [3.63, 3.8) is 0 Å². The Morgan fingerprint density at radius 2 is 1.35 bits per heavy atom. The van der Waals surface area contributed by atoms with Gasteiger partial charge in [-0.2, -0.15) is 13.2 Å². The number of carbonyl (C=O) groups excluding carboxylic acids is 6. The van der Waals surface area contributed by atoms with E-state index in [4.69, 9.17) is 42.6 Å². The van der Waals surface area contributed by atoms with E-state index in [1.165, 1.54) is 0 Å². The van der Waals surface area contributed by atoms with Crippen LogP contribution in [0.2, 0.25) is 0 Å². The predicted octanol–water partition coefficient (Wildman–Crippen LogP) is 0.347. The molecule has 0 aromatic heterocycles. The van der Waals surface area contributed by atoms with Gasteiger partial charge in [0.15, 0.2) is 30.9 Å². The van der Waals surface area contributed by atoms with Crippen LogP contribution in [0.4, 0.5) is 13.2 Å². The maximum atomic E-state index is 12.6. The van der Waals surface area contributed by atoms with Crippen molar-refractivity contribution in [2.24, 2.45) is 0 Å². The Morgan fingerprint density at radius 1 is 0.764 bits per heavy atom. The quantitative estimate of drug-likeness (QED) is 0.110. The van der Waals surface area contributed by atoms with E-state index in [1.54, 1.807) is 35.6 Å². The van der Waals surface area contributed by atoms with Gasteiger partial charge in [0.2, 0.25) is 5.91 Å². The number of esters is 4. The lowest BCUT2D eigenvalue weighted by Gasteiger charge is -2.49. The van der Waals surface area contributed by atoms with Crippen LogP contribution in [-0.4, -0.2) is 135 Å². The molecular weight excluding hydrogens is 749 g/mol. The Morgan fingerprint density at radius 3 is 1.93 bits per heavy atom. The number of rotatable bonds is 17. The molecule has 21 heteroatoms. The summed E-state index contributed by atoms with van der Waals surface area (Å²) in [5.41, 5.74) is 0.746. The van der Waals surface area contributed by atoms with Crippen molar-refractivity contribution >= 4 is 35.7 Å². The maximum Gasteiger partial charge on any atom is 0.471 e. The van der Waals surface area contributed by atoms with Gasteiger partial charge in [0.25, 0.3) is 0 Å². The van der Waals surface area contributed by atoms with Crippen LogP contribution in [0.3, 0.4) is 0 Å². The lowest BCUT2D eigenvalue weighted by atomic mass is 9.95. The number of ether oxygens (including phenoxy) is 9. The molecule has 1 aromatic rings. The van der Waals surface area contributed by atoms with Gasteiger partial charge in [0.05, 0.1) is 19.8 Å². The number of amides is 2. The van der Waals surface area contributed by atoms with Crippen molar-refractivity contribution in [3.8, 4) is 0 Å². The Labute approximate surface area is 313 Å². The number of aliphatic hydroxyl groups is 1. The number of carbonyl (C=O) groups is 6. The van der Waals surface area contributed by atoms with Crippen LogP contribution >= 0.6 is 0 Å². The second-order valence-corrected chi connectivity index (χ2v) is 12.4. The minimum absolute atomic E-state index is 0.0362. The van der Waals surface area contributed by atoms with Crippen LogP contribution in [0.5, 0.6) is 0 Å². The van der Waals surface area contributed by atoms with E-state index in [2.05, 4.69) is 5.32 Å². The number of alkyl halides is 3. The number of hydrogen-bond donors (Lipinski definition) is 3. The summed E-state index contributed by atoms with van der Waals surface area (Å²) in [7, 11) is 0. The van der Waals surface area contributed by atoms with Gasteiger partial charge in [-0.25, -0.2) is 0 Å². The normalized spacial score (nSPS) is 27.9. The van der Waals surface area contributed by atoms with Crippen molar-refractivity contribution in [2.45, 2.75) is 115 Å². The minimum atomic E-state index is -5.10. The SMILES string of the molecule is CC(=O)N[C@H]1[C@H](OCCCNC(=O)C(F)(F)F)O[C@H](COCc2ccccc2)[C@@H](O[C@@H]2O[C@H](COC(C)=O)[C@H](OC(C)=O)[C@H](O)[C@H]2OC(C)=O)[C@@H]1OC(C)=O. The Hall–Kier alpha value is -4.41. The highest BCUT2D eigenvalue weighted by atomic mass is 19.4. The van der Waals surface area contributed by atoms with Crippen molar-refractivity contribution < 1.29 is 89.7 Å². The third kappa shape index (κ3) is 14.3. The highest BCUT2D eigenvalue weighted by Gasteiger charge is 2.55. The number of aliphatic hydroxyl groups excluding tert-OH is 1. The standard InChI is InChI=1S/C34H45F3N2O16/c1-17(40)39-25-29(51-20(4)43)28(55-32-30(52-21(5)44)26(45)27(50-19(3)42)24(54-32)16-49-18(2)41)23(15-47-14-22-10-7-6-8-11-22)53-31(25)48-13-9-12-38-33(46)34(35,36)37/h6-8,10-11,23-32,45H,9,12-16H2,1-5H3,(H,38,46)(H,39,40)/t23-,24-,25-,26+,27+,28-,29-,30-,31-,32+/m1/s1. The topological polar surface area (TPSA) is 230 Å². The van der Waals surface area contributed by atoms with Gasteiger partial charge in [-0.3, -0.25) is 28.8 Å². The largest absolute Gasteiger partial charge is 0.471 e. The van der Waals surface area contributed by atoms with Gasteiger partial charge >= 0.3 is 36.0 Å². The number of halogens is 3. The molecule has 308 valence electrons. The van der Waals surface area contributed by atoms with E-state index in [0.29, 0.717) is 0 Å². The van der Waals surface area contributed by atoms with Gasteiger partial charge < -0.3 is 58.4 Å². The molecule has 2 amide bonds. The second-order valence-electron chi connectivity index (χ2n) is 12.4. The molecule has 0 radical (unpaired) electrons. The van der Waals surface area contributed by atoms with E-state index in [-0.39, 0.29) is 26.2 Å². The van der Waals surface area contributed by atoms with Crippen LogP contribution in [-0.2, 0) is 78.0 Å². The molecule has 2 heterocycles. The number of hydrogen-bond acceptors (Lipinski definition) is 16. The van der Waals surface area contributed by atoms with Gasteiger partial charge in [0.1, 0.15) is 37.1 Å². The van der Waals surface area contributed by atoms with Crippen molar-refractivity contribution in [3.05, 3.63) is 35.9 Å². The summed E-state index contributed by atoms with van der Waals surface area (Å²) < 4.78 is 89.5. The molecule has 0 aliphatic carbocycles. The Bertz CT molecular complexity index is 1470. The fourth-order valence-corrected chi connectivity index (χ4v) is 5.65. The fourth-order valence-electron chi connectivity index (χ4n) is 5.65. The smallest absolute Gasteiger partial charge is 0.463 e. The van der Waals surface area contributed by atoms with Crippen LogP contribution in [0.25, 0.3) is 0 Å².